The number of ketones is 1. The van der Waals surface area contributed by atoms with E-state index in [1.165, 1.54) is 53.1 Å². The smallest absolute Gasteiger partial charge is 0.387 e. The van der Waals surface area contributed by atoms with Gasteiger partial charge in [-0.1, -0.05) is 11.8 Å². The molecule has 0 radical (unpaired) electrons. The molecule has 0 atom stereocenters. The Morgan fingerprint density at radius 1 is 1.00 bits per heavy atom. The second kappa shape index (κ2) is 9.60. The van der Waals surface area contributed by atoms with E-state index in [-0.39, 0.29) is 23.2 Å². The molecule has 1 aliphatic rings. The number of benzene rings is 2. The largest absolute Gasteiger partial charge is 0.435 e. The summed E-state index contributed by atoms with van der Waals surface area (Å²) < 4.78 is 43.7. The molecule has 0 N–H and O–H groups in total. The van der Waals surface area contributed by atoms with Crippen molar-refractivity contribution in [2.45, 2.75) is 37.5 Å². The SMILES string of the molecule is O=C(CSc1nc2c(n1C(=O)c1ccc(OC(F)F)cc1)CCCC2)c1ccc(F)cc1. The quantitative estimate of drug-likeness (QED) is 0.360. The van der Waals surface area contributed by atoms with Gasteiger partial charge in [0.15, 0.2) is 10.9 Å². The van der Waals surface area contributed by atoms with Gasteiger partial charge >= 0.3 is 6.61 Å². The molecule has 1 heterocycles. The first-order valence-corrected chi connectivity index (χ1v) is 11.0. The van der Waals surface area contributed by atoms with Crippen molar-refractivity contribution in [3.8, 4) is 5.75 Å². The van der Waals surface area contributed by atoms with Crippen molar-refractivity contribution in [2.75, 3.05) is 5.75 Å². The summed E-state index contributed by atoms with van der Waals surface area (Å²) in [5.41, 5.74) is 2.32. The summed E-state index contributed by atoms with van der Waals surface area (Å²) in [6.45, 7) is -2.95. The maximum Gasteiger partial charge on any atom is 0.387 e. The highest BCUT2D eigenvalue weighted by atomic mass is 32.2. The molecule has 0 fully saturated rings. The number of fused-ring (bicyclic) bond motifs is 1. The summed E-state index contributed by atoms with van der Waals surface area (Å²) in [5, 5.41) is 0.408. The van der Waals surface area contributed by atoms with Gasteiger partial charge in [-0.05, 0) is 74.2 Å². The number of halogens is 3. The van der Waals surface area contributed by atoms with Crippen molar-refractivity contribution in [3.05, 3.63) is 76.9 Å². The molecule has 0 spiro atoms. The molecule has 5 nitrogen and oxygen atoms in total. The van der Waals surface area contributed by atoms with Crippen LogP contribution in [0.15, 0.2) is 53.7 Å². The first-order chi connectivity index (χ1) is 15.4. The number of nitrogens with zero attached hydrogens (tertiary/aromatic N) is 2. The van der Waals surface area contributed by atoms with Crippen molar-refractivity contribution in [2.24, 2.45) is 0 Å². The fourth-order valence-electron chi connectivity index (χ4n) is 3.58. The molecule has 9 heteroatoms. The van der Waals surface area contributed by atoms with Crippen LogP contribution >= 0.6 is 11.8 Å². The van der Waals surface area contributed by atoms with Crippen LogP contribution in [0.5, 0.6) is 5.75 Å². The highest BCUT2D eigenvalue weighted by molar-refractivity contribution is 7.99. The molecular weight excluding hydrogens is 441 g/mol. The van der Waals surface area contributed by atoms with Gasteiger partial charge in [0.2, 0.25) is 0 Å². The molecule has 1 aliphatic carbocycles. The van der Waals surface area contributed by atoms with Gasteiger partial charge in [0, 0.05) is 16.8 Å². The van der Waals surface area contributed by atoms with Crippen LogP contribution in [-0.4, -0.2) is 33.6 Å². The first-order valence-electron chi connectivity index (χ1n) is 10.0. The van der Waals surface area contributed by atoms with Crippen molar-refractivity contribution in [3.63, 3.8) is 0 Å². The number of carbonyl (C=O) groups is 2. The zero-order valence-corrected chi connectivity index (χ0v) is 17.7. The van der Waals surface area contributed by atoms with Gasteiger partial charge in [0.1, 0.15) is 11.6 Å². The third-order valence-corrected chi connectivity index (χ3v) is 6.07. The van der Waals surface area contributed by atoms with Crippen LogP contribution in [0.3, 0.4) is 0 Å². The molecule has 3 aromatic rings. The molecule has 0 saturated carbocycles. The van der Waals surface area contributed by atoms with E-state index in [1.54, 1.807) is 0 Å². The van der Waals surface area contributed by atoms with E-state index in [9.17, 15) is 22.8 Å². The number of hydrogen-bond acceptors (Lipinski definition) is 5. The average Bonchev–Trinajstić information content (AvgIpc) is 3.16. The zero-order valence-electron chi connectivity index (χ0n) is 16.9. The Balaban J connectivity index is 1.58. The molecule has 0 unspecified atom stereocenters. The van der Waals surface area contributed by atoms with Gasteiger partial charge in [-0.3, -0.25) is 14.2 Å². The number of aryl methyl sites for hydroxylation is 1. The summed E-state index contributed by atoms with van der Waals surface area (Å²) in [6.07, 6.45) is 3.33. The first kappa shape index (κ1) is 22.1. The average molecular weight is 460 g/mol. The van der Waals surface area contributed by atoms with Gasteiger partial charge in [-0.25, -0.2) is 9.37 Å². The zero-order chi connectivity index (χ0) is 22.7. The summed E-state index contributed by atoms with van der Waals surface area (Å²) >= 11 is 1.15. The second-order valence-corrected chi connectivity index (χ2v) is 8.20. The second-order valence-electron chi connectivity index (χ2n) is 7.26. The molecule has 2 aromatic carbocycles. The van der Waals surface area contributed by atoms with Gasteiger partial charge in [-0.2, -0.15) is 8.78 Å². The third-order valence-electron chi connectivity index (χ3n) is 5.13. The number of rotatable bonds is 7. The van der Waals surface area contributed by atoms with Crippen molar-refractivity contribution in [1.29, 1.82) is 0 Å². The van der Waals surface area contributed by atoms with Crippen LogP contribution in [0.2, 0.25) is 0 Å². The van der Waals surface area contributed by atoms with Crippen molar-refractivity contribution < 1.29 is 27.5 Å². The minimum atomic E-state index is -2.95. The normalized spacial score (nSPS) is 13.1. The predicted molar refractivity (Wildman–Crippen MR) is 113 cm³/mol. The Bertz CT molecular complexity index is 1130. The van der Waals surface area contributed by atoms with Crippen LogP contribution in [-0.2, 0) is 12.8 Å². The van der Waals surface area contributed by atoms with E-state index in [4.69, 9.17) is 0 Å². The van der Waals surface area contributed by atoms with Crippen LogP contribution < -0.4 is 4.74 Å². The lowest BCUT2D eigenvalue weighted by molar-refractivity contribution is -0.0498. The minimum Gasteiger partial charge on any atom is -0.435 e. The van der Waals surface area contributed by atoms with Gasteiger partial charge in [0.25, 0.3) is 5.91 Å². The Morgan fingerprint density at radius 2 is 1.66 bits per heavy atom. The maximum absolute atomic E-state index is 13.3. The number of ether oxygens (including phenoxy) is 1. The Hall–Kier alpha value is -3.07. The van der Waals surface area contributed by atoms with E-state index in [0.717, 1.165) is 42.4 Å². The molecule has 0 bridgehead atoms. The Morgan fingerprint density at radius 3 is 2.34 bits per heavy atom. The molecule has 0 amide bonds. The molecule has 32 heavy (non-hydrogen) atoms. The van der Waals surface area contributed by atoms with E-state index in [0.29, 0.717) is 22.7 Å². The van der Waals surface area contributed by atoms with Crippen molar-refractivity contribution >= 4 is 23.5 Å². The summed E-state index contributed by atoms with van der Waals surface area (Å²) in [6, 6.07) is 10.8. The van der Waals surface area contributed by atoms with E-state index in [1.807, 2.05) is 0 Å². The summed E-state index contributed by atoms with van der Waals surface area (Å²) in [5.74, 6) is -0.975. The highest BCUT2D eigenvalue weighted by Crippen LogP contribution is 2.29. The fourth-order valence-corrected chi connectivity index (χ4v) is 4.50. The lowest BCUT2D eigenvalue weighted by atomic mass is 10.0. The Kier molecular flexibility index (Phi) is 6.64. The summed E-state index contributed by atoms with van der Waals surface area (Å²) in [4.78, 5) is 30.4. The lowest BCUT2D eigenvalue weighted by Crippen LogP contribution is -2.18. The number of hydrogen-bond donors (Lipinski definition) is 0. The van der Waals surface area contributed by atoms with E-state index in [2.05, 4.69) is 9.72 Å². The third kappa shape index (κ3) is 4.88. The van der Waals surface area contributed by atoms with Crippen LogP contribution in [0.1, 0.15) is 44.9 Å². The lowest BCUT2D eigenvalue weighted by Gasteiger charge is -2.14. The van der Waals surface area contributed by atoms with Crippen LogP contribution in [0.25, 0.3) is 0 Å². The Labute approximate surface area is 186 Å². The predicted octanol–water partition coefficient (Wildman–Crippen LogP) is 5.17. The topological polar surface area (TPSA) is 61.2 Å². The number of alkyl halides is 2. The molecule has 4 rings (SSSR count). The number of thioether (sulfide) groups is 1. The molecule has 0 saturated heterocycles. The molecule has 1 aromatic heterocycles. The molecule has 0 aliphatic heterocycles. The number of imidazole rings is 1. The van der Waals surface area contributed by atoms with Gasteiger partial charge in [0.05, 0.1) is 11.4 Å². The van der Waals surface area contributed by atoms with Gasteiger partial charge in [-0.15, -0.1) is 0 Å². The standard InChI is InChI=1S/C23H19F3N2O3S/c24-16-9-5-14(6-10-16)20(29)13-32-23-27-18-3-1-2-4-19(18)28(23)21(30)15-7-11-17(12-8-15)31-22(25)26/h5-12,22H,1-4,13H2. The number of aromatic nitrogens is 2. The number of Topliss-reactive ketones (excluding diaryl/α,β-unsaturated/α-hetero) is 1. The van der Waals surface area contributed by atoms with E-state index >= 15 is 0 Å². The van der Waals surface area contributed by atoms with Crippen LogP contribution in [0, 0.1) is 5.82 Å². The molecule has 166 valence electrons. The summed E-state index contributed by atoms with van der Waals surface area (Å²) in [7, 11) is 0. The monoisotopic (exact) mass is 460 g/mol. The van der Waals surface area contributed by atoms with Gasteiger partial charge < -0.3 is 4.74 Å². The fraction of sp³-hybridized carbons (Fsp3) is 0.261. The maximum atomic E-state index is 13.3. The molecular formula is C23H19F3N2O3S. The minimum absolute atomic E-state index is 0.0377. The highest BCUT2D eigenvalue weighted by Gasteiger charge is 2.25. The number of carbonyl (C=O) groups excluding carboxylic acids is 2. The van der Waals surface area contributed by atoms with Crippen LogP contribution in [0.4, 0.5) is 13.2 Å². The van der Waals surface area contributed by atoms with E-state index < -0.39 is 12.4 Å². The van der Waals surface area contributed by atoms with Crippen molar-refractivity contribution in [1.82, 2.24) is 9.55 Å².